The second kappa shape index (κ2) is 5.18. The summed E-state index contributed by atoms with van der Waals surface area (Å²) >= 11 is 0. The molecule has 4 heteroatoms. The van der Waals surface area contributed by atoms with Crippen molar-refractivity contribution in [2.24, 2.45) is 0 Å². The van der Waals surface area contributed by atoms with Crippen LogP contribution < -0.4 is 4.74 Å². The lowest BCUT2D eigenvalue weighted by Gasteiger charge is -2.10. The van der Waals surface area contributed by atoms with Crippen LogP contribution in [0.3, 0.4) is 0 Å². The van der Waals surface area contributed by atoms with Gasteiger partial charge in [-0.2, -0.15) is 0 Å². The number of ether oxygens (including phenoxy) is 1. The maximum atomic E-state index is 13.8. The van der Waals surface area contributed by atoms with E-state index in [0.717, 1.165) is 6.07 Å². The molecule has 0 aromatic heterocycles. The van der Waals surface area contributed by atoms with Crippen molar-refractivity contribution in [3.8, 4) is 11.5 Å². The highest BCUT2D eigenvalue weighted by molar-refractivity contribution is 5.94. The summed E-state index contributed by atoms with van der Waals surface area (Å²) in [7, 11) is 0. The van der Waals surface area contributed by atoms with Crippen LogP contribution in [0.15, 0.2) is 36.4 Å². The van der Waals surface area contributed by atoms with E-state index in [1.807, 2.05) is 0 Å². The molecule has 0 amide bonds. The lowest BCUT2D eigenvalue weighted by Crippen LogP contribution is -1.96. The zero-order valence-electron chi connectivity index (χ0n) is 10.5. The summed E-state index contributed by atoms with van der Waals surface area (Å²) in [5, 5.41) is 0. The van der Waals surface area contributed by atoms with E-state index in [9.17, 15) is 13.6 Å². The number of benzene rings is 2. The fraction of sp³-hybridized carbons (Fsp3) is 0.133. The third-order valence-corrected chi connectivity index (χ3v) is 2.71. The fourth-order valence-corrected chi connectivity index (χ4v) is 1.60. The highest BCUT2D eigenvalue weighted by atomic mass is 19.1. The molecule has 0 radical (unpaired) electrons. The molecule has 0 bridgehead atoms. The Morgan fingerprint density at radius 3 is 2.42 bits per heavy atom. The smallest absolute Gasteiger partial charge is 0.166 e. The van der Waals surface area contributed by atoms with Crippen molar-refractivity contribution in [3.05, 3.63) is 59.2 Å². The van der Waals surface area contributed by atoms with E-state index < -0.39 is 11.6 Å². The number of hydrogen-bond donors (Lipinski definition) is 0. The molecule has 98 valence electrons. The van der Waals surface area contributed by atoms with Crippen molar-refractivity contribution in [3.63, 3.8) is 0 Å². The molecule has 2 nitrogen and oxygen atoms in total. The Morgan fingerprint density at radius 2 is 1.79 bits per heavy atom. The molecule has 0 unspecified atom stereocenters. The molecule has 0 aliphatic heterocycles. The first-order valence-electron chi connectivity index (χ1n) is 5.72. The third-order valence-electron chi connectivity index (χ3n) is 2.71. The summed E-state index contributed by atoms with van der Waals surface area (Å²) in [5.74, 6) is -1.14. The lowest BCUT2D eigenvalue weighted by molar-refractivity contribution is 0.101. The molecule has 0 fully saturated rings. The van der Waals surface area contributed by atoms with E-state index in [1.165, 1.54) is 31.2 Å². The fourth-order valence-electron chi connectivity index (χ4n) is 1.60. The SMILES string of the molecule is CC(=O)c1ccc(Oc2cc(F)ccc2C)c(F)c1. The van der Waals surface area contributed by atoms with E-state index in [-0.39, 0.29) is 22.8 Å². The number of carbonyl (C=O) groups excluding carboxylic acids is 1. The molecule has 0 N–H and O–H groups in total. The highest BCUT2D eigenvalue weighted by Gasteiger charge is 2.10. The van der Waals surface area contributed by atoms with Crippen molar-refractivity contribution in [2.45, 2.75) is 13.8 Å². The number of carbonyl (C=O) groups is 1. The number of aryl methyl sites for hydroxylation is 1. The molecule has 0 spiro atoms. The summed E-state index contributed by atoms with van der Waals surface area (Å²) < 4.78 is 32.2. The van der Waals surface area contributed by atoms with Crippen molar-refractivity contribution in [1.82, 2.24) is 0 Å². The standard InChI is InChI=1S/C15H12F2O2/c1-9-3-5-12(16)8-15(9)19-14-6-4-11(10(2)18)7-13(14)17/h3-8H,1-2H3. The maximum Gasteiger partial charge on any atom is 0.166 e. The molecule has 0 atom stereocenters. The monoisotopic (exact) mass is 262 g/mol. The molecule has 0 saturated carbocycles. The van der Waals surface area contributed by atoms with Crippen molar-refractivity contribution >= 4 is 5.78 Å². The number of rotatable bonds is 3. The summed E-state index contributed by atoms with van der Waals surface area (Å²) in [6.07, 6.45) is 0. The first-order valence-corrected chi connectivity index (χ1v) is 5.72. The van der Waals surface area contributed by atoms with Crippen molar-refractivity contribution < 1.29 is 18.3 Å². The van der Waals surface area contributed by atoms with Crippen molar-refractivity contribution in [2.75, 3.05) is 0 Å². The van der Waals surface area contributed by atoms with Gasteiger partial charge in [0.2, 0.25) is 0 Å². The van der Waals surface area contributed by atoms with Gasteiger partial charge in [-0.1, -0.05) is 6.07 Å². The van der Waals surface area contributed by atoms with Gasteiger partial charge in [-0.25, -0.2) is 8.78 Å². The number of hydrogen-bond acceptors (Lipinski definition) is 2. The quantitative estimate of drug-likeness (QED) is 0.772. The predicted molar refractivity (Wildman–Crippen MR) is 67.6 cm³/mol. The van der Waals surface area contributed by atoms with E-state index in [2.05, 4.69) is 0 Å². The van der Waals surface area contributed by atoms with Gasteiger partial charge >= 0.3 is 0 Å². The van der Waals surface area contributed by atoms with Gasteiger partial charge in [0.05, 0.1) is 0 Å². The Bertz CT molecular complexity index is 636. The second-order valence-electron chi connectivity index (χ2n) is 4.21. The summed E-state index contributed by atoms with van der Waals surface area (Å²) in [6, 6.07) is 7.97. The zero-order chi connectivity index (χ0) is 14.0. The molecule has 0 aliphatic carbocycles. The predicted octanol–water partition coefficient (Wildman–Crippen LogP) is 4.27. The van der Waals surface area contributed by atoms with Gasteiger partial charge < -0.3 is 4.74 Å². The van der Waals surface area contributed by atoms with Gasteiger partial charge in [-0.3, -0.25) is 4.79 Å². The minimum absolute atomic E-state index is 0.0429. The Balaban J connectivity index is 2.33. The summed E-state index contributed by atoms with van der Waals surface area (Å²) in [6.45, 7) is 3.09. The van der Waals surface area contributed by atoms with Crippen LogP contribution in [0.5, 0.6) is 11.5 Å². The first kappa shape index (κ1) is 13.2. The van der Waals surface area contributed by atoms with Crippen LogP contribution in [-0.4, -0.2) is 5.78 Å². The molecule has 2 aromatic carbocycles. The Hall–Kier alpha value is -2.23. The Morgan fingerprint density at radius 1 is 1.05 bits per heavy atom. The molecule has 0 heterocycles. The largest absolute Gasteiger partial charge is 0.454 e. The summed E-state index contributed by atoms with van der Waals surface area (Å²) in [4.78, 5) is 11.1. The van der Waals surface area contributed by atoms with Gasteiger partial charge in [0.15, 0.2) is 17.3 Å². The zero-order valence-corrected chi connectivity index (χ0v) is 10.5. The van der Waals surface area contributed by atoms with Gasteiger partial charge in [0.1, 0.15) is 11.6 Å². The van der Waals surface area contributed by atoms with Crippen LogP contribution in [-0.2, 0) is 0 Å². The van der Waals surface area contributed by atoms with Crippen LogP contribution in [0.2, 0.25) is 0 Å². The van der Waals surface area contributed by atoms with E-state index in [4.69, 9.17) is 4.74 Å². The number of ketones is 1. The number of Topliss-reactive ketones (excluding diaryl/α,β-unsaturated/α-hetero) is 1. The van der Waals surface area contributed by atoms with E-state index in [1.54, 1.807) is 13.0 Å². The molecule has 19 heavy (non-hydrogen) atoms. The molecular formula is C15H12F2O2. The highest BCUT2D eigenvalue weighted by Crippen LogP contribution is 2.28. The Labute approximate surface area is 109 Å². The number of halogens is 2. The van der Waals surface area contributed by atoms with Crippen LogP contribution in [0.1, 0.15) is 22.8 Å². The average Bonchev–Trinajstić information content (AvgIpc) is 2.36. The first-order chi connectivity index (χ1) is 8.97. The molecule has 2 aromatic rings. The molecule has 0 aliphatic rings. The lowest BCUT2D eigenvalue weighted by atomic mass is 10.1. The van der Waals surface area contributed by atoms with Gasteiger partial charge in [-0.05, 0) is 43.7 Å². The van der Waals surface area contributed by atoms with Crippen LogP contribution in [0, 0.1) is 18.6 Å². The van der Waals surface area contributed by atoms with Crippen LogP contribution in [0.25, 0.3) is 0 Å². The average molecular weight is 262 g/mol. The minimum atomic E-state index is -0.656. The van der Waals surface area contributed by atoms with E-state index >= 15 is 0 Å². The molecular weight excluding hydrogens is 250 g/mol. The maximum absolute atomic E-state index is 13.8. The van der Waals surface area contributed by atoms with Gasteiger partial charge in [0, 0.05) is 11.6 Å². The molecule has 0 saturated heterocycles. The van der Waals surface area contributed by atoms with Crippen molar-refractivity contribution in [1.29, 1.82) is 0 Å². The minimum Gasteiger partial charge on any atom is -0.454 e. The third kappa shape index (κ3) is 2.96. The summed E-state index contributed by atoms with van der Waals surface area (Å²) in [5.41, 5.74) is 0.956. The van der Waals surface area contributed by atoms with Gasteiger partial charge in [-0.15, -0.1) is 0 Å². The van der Waals surface area contributed by atoms with Gasteiger partial charge in [0.25, 0.3) is 0 Å². The Kier molecular flexibility index (Phi) is 3.60. The van der Waals surface area contributed by atoms with E-state index in [0.29, 0.717) is 5.56 Å². The normalized spacial score (nSPS) is 10.3. The van der Waals surface area contributed by atoms with Crippen LogP contribution in [0.4, 0.5) is 8.78 Å². The topological polar surface area (TPSA) is 26.3 Å². The molecule has 2 rings (SSSR count). The van der Waals surface area contributed by atoms with Crippen LogP contribution >= 0.6 is 0 Å². The second-order valence-corrected chi connectivity index (χ2v) is 4.21.